The summed E-state index contributed by atoms with van der Waals surface area (Å²) in [7, 11) is 0. The number of amides is 2. The van der Waals surface area contributed by atoms with E-state index in [1.807, 2.05) is 6.92 Å². The summed E-state index contributed by atoms with van der Waals surface area (Å²) in [5, 5.41) is 21.5. The van der Waals surface area contributed by atoms with Gasteiger partial charge in [0.2, 0.25) is 0 Å². The lowest BCUT2D eigenvalue weighted by atomic mass is 9.98. The fourth-order valence-corrected chi connectivity index (χ4v) is 3.51. The van der Waals surface area contributed by atoms with E-state index in [0.29, 0.717) is 23.7 Å². The van der Waals surface area contributed by atoms with Crippen LogP contribution in [0.15, 0.2) is 0 Å². The van der Waals surface area contributed by atoms with Crippen LogP contribution < -0.4 is 5.32 Å². The molecule has 21 heavy (non-hydrogen) atoms. The number of carbonyl (C=O) groups excluding carboxylic acids is 1. The molecule has 1 saturated heterocycles. The number of piperidine rings is 1. The predicted octanol–water partition coefficient (Wildman–Crippen LogP) is 2.30. The Morgan fingerprint density at radius 3 is 2.48 bits per heavy atom. The van der Waals surface area contributed by atoms with Crippen LogP contribution in [0.3, 0.4) is 0 Å². The maximum absolute atomic E-state index is 12.2. The van der Waals surface area contributed by atoms with Gasteiger partial charge in [0, 0.05) is 24.6 Å². The summed E-state index contributed by atoms with van der Waals surface area (Å²) in [4.78, 5) is 26.1. The van der Waals surface area contributed by atoms with Crippen molar-refractivity contribution in [1.29, 1.82) is 0 Å². The van der Waals surface area contributed by atoms with Crippen LogP contribution in [0, 0.1) is 19.8 Å². The number of anilines is 1. The third-order valence-corrected chi connectivity index (χ3v) is 5.10. The number of aromatic carboxylic acids is 1. The second-order valence-corrected chi connectivity index (χ2v) is 6.56. The Balaban J connectivity index is 2.07. The van der Waals surface area contributed by atoms with E-state index in [-0.39, 0.29) is 24.1 Å². The summed E-state index contributed by atoms with van der Waals surface area (Å²) in [5.74, 6) is -0.763. The van der Waals surface area contributed by atoms with Crippen molar-refractivity contribution in [2.45, 2.75) is 26.7 Å². The van der Waals surface area contributed by atoms with E-state index < -0.39 is 5.97 Å². The number of hydrogen-bond acceptors (Lipinski definition) is 4. The standard InChI is InChI=1S/C14H20N2O4S/c1-8-9(2)21-12(11(8)13(18)19)15-14(20)16-5-3-10(7-17)4-6-16/h10,17H,3-7H2,1-2H3,(H,15,20)(H,18,19). The van der Waals surface area contributed by atoms with Crippen LogP contribution in [0.4, 0.5) is 9.80 Å². The van der Waals surface area contributed by atoms with Gasteiger partial charge in [0.25, 0.3) is 0 Å². The molecule has 2 heterocycles. The zero-order valence-electron chi connectivity index (χ0n) is 12.2. The number of likely N-dealkylation sites (tertiary alicyclic amines) is 1. The van der Waals surface area contributed by atoms with Gasteiger partial charge in [-0.1, -0.05) is 0 Å². The lowest BCUT2D eigenvalue weighted by Gasteiger charge is -2.31. The normalized spacial score (nSPS) is 16.0. The third-order valence-electron chi connectivity index (χ3n) is 3.98. The van der Waals surface area contributed by atoms with E-state index in [0.717, 1.165) is 17.7 Å². The van der Waals surface area contributed by atoms with Gasteiger partial charge in [0.15, 0.2) is 0 Å². The van der Waals surface area contributed by atoms with E-state index >= 15 is 0 Å². The summed E-state index contributed by atoms with van der Waals surface area (Å²) in [5.41, 5.74) is 0.873. The van der Waals surface area contributed by atoms with Crippen molar-refractivity contribution < 1.29 is 19.8 Å². The highest BCUT2D eigenvalue weighted by atomic mass is 32.1. The van der Waals surface area contributed by atoms with Crippen molar-refractivity contribution in [3.63, 3.8) is 0 Å². The SMILES string of the molecule is Cc1sc(NC(=O)N2CCC(CO)CC2)c(C(=O)O)c1C. The first kappa shape index (κ1) is 15.8. The Morgan fingerprint density at radius 2 is 1.95 bits per heavy atom. The third kappa shape index (κ3) is 3.36. The molecule has 1 fully saturated rings. The Labute approximate surface area is 127 Å². The average Bonchev–Trinajstić information content (AvgIpc) is 2.73. The second-order valence-electron chi connectivity index (χ2n) is 5.34. The highest BCUT2D eigenvalue weighted by Gasteiger charge is 2.25. The summed E-state index contributed by atoms with van der Waals surface area (Å²) in [6.45, 7) is 4.92. The van der Waals surface area contributed by atoms with E-state index in [9.17, 15) is 14.7 Å². The maximum atomic E-state index is 12.2. The fourth-order valence-electron chi connectivity index (χ4n) is 2.47. The van der Waals surface area contributed by atoms with Crippen LogP contribution in [-0.2, 0) is 0 Å². The number of rotatable bonds is 3. The molecule has 1 aliphatic heterocycles. The monoisotopic (exact) mass is 312 g/mol. The lowest BCUT2D eigenvalue weighted by molar-refractivity contribution is 0.0697. The van der Waals surface area contributed by atoms with Gasteiger partial charge in [-0.25, -0.2) is 9.59 Å². The fraction of sp³-hybridized carbons (Fsp3) is 0.571. The summed E-state index contributed by atoms with van der Waals surface area (Å²) >= 11 is 1.29. The zero-order chi connectivity index (χ0) is 15.6. The first-order valence-corrected chi connectivity index (χ1v) is 7.75. The molecule has 0 saturated carbocycles. The first-order chi connectivity index (χ1) is 9.93. The number of carbonyl (C=O) groups is 2. The molecule has 0 radical (unpaired) electrons. The molecule has 0 atom stereocenters. The van der Waals surface area contributed by atoms with Gasteiger partial charge in [-0.3, -0.25) is 5.32 Å². The Bertz CT molecular complexity index is 547. The highest BCUT2D eigenvalue weighted by molar-refractivity contribution is 7.16. The first-order valence-electron chi connectivity index (χ1n) is 6.94. The summed E-state index contributed by atoms with van der Waals surface area (Å²) in [6.07, 6.45) is 1.55. The number of hydrogen-bond donors (Lipinski definition) is 3. The minimum atomic E-state index is -1.02. The number of urea groups is 1. The number of nitrogens with one attached hydrogen (secondary N) is 1. The molecule has 3 N–H and O–H groups in total. The molecule has 1 aromatic heterocycles. The molecule has 1 aliphatic rings. The van der Waals surface area contributed by atoms with Gasteiger partial charge in [0.05, 0.1) is 5.56 Å². The van der Waals surface area contributed by atoms with E-state index in [2.05, 4.69) is 5.32 Å². The van der Waals surface area contributed by atoms with E-state index in [4.69, 9.17) is 5.11 Å². The largest absolute Gasteiger partial charge is 0.478 e. The molecule has 116 valence electrons. The van der Waals surface area contributed by atoms with Crippen molar-refractivity contribution in [3.8, 4) is 0 Å². The minimum absolute atomic E-state index is 0.155. The minimum Gasteiger partial charge on any atom is -0.478 e. The van der Waals surface area contributed by atoms with Gasteiger partial charge >= 0.3 is 12.0 Å². The summed E-state index contributed by atoms with van der Waals surface area (Å²) in [6, 6.07) is -0.268. The Morgan fingerprint density at radius 1 is 1.33 bits per heavy atom. The molecule has 1 aromatic rings. The molecule has 6 nitrogen and oxygen atoms in total. The van der Waals surface area contributed by atoms with Crippen molar-refractivity contribution in [1.82, 2.24) is 4.90 Å². The van der Waals surface area contributed by atoms with Gasteiger partial charge in [-0.2, -0.15) is 0 Å². The number of carboxylic acids is 1. The topological polar surface area (TPSA) is 89.9 Å². The van der Waals surface area contributed by atoms with Gasteiger partial charge in [-0.15, -0.1) is 11.3 Å². The van der Waals surface area contributed by atoms with Crippen LogP contribution in [0.1, 0.15) is 33.6 Å². The van der Waals surface area contributed by atoms with Crippen LogP contribution >= 0.6 is 11.3 Å². The Kier molecular flexibility index (Phi) is 4.84. The molecule has 2 rings (SSSR count). The van der Waals surface area contributed by atoms with Crippen LogP contribution in [0.2, 0.25) is 0 Å². The Hall–Kier alpha value is -1.60. The van der Waals surface area contributed by atoms with Crippen molar-refractivity contribution in [2.24, 2.45) is 5.92 Å². The lowest BCUT2D eigenvalue weighted by Crippen LogP contribution is -2.41. The number of aryl methyl sites for hydroxylation is 1. The van der Waals surface area contributed by atoms with Crippen molar-refractivity contribution in [2.75, 3.05) is 25.0 Å². The average molecular weight is 312 g/mol. The molecular weight excluding hydrogens is 292 g/mol. The molecule has 2 amide bonds. The molecular formula is C14H20N2O4S. The van der Waals surface area contributed by atoms with Gasteiger partial charge < -0.3 is 15.1 Å². The second kappa shape index (κ2) is 6.44. The van der Waals surface area contributed by atoms with Crippen molar-refractivity contribution in [3.05, 3.63) is 16.0 Å². The maximum Gasteiger partial charge on any atom is 0.338 e. The number of nitrogens with zero attached hydrogens (tertiary/aromatic N) is 1. The molecule has 0 spiro atoms. The van der Waals surface area contributed by atoms with E-state index in [1.165, 1.54) is 11.3 Å². The zero-order valence-corrected chi connectivity index (χ0v) is 13.0. The smallest absolute Gasteiger partial charge is 0.338 e. The number of thiophene rings is 1. The number of aliphatic hydroxyl groups is 1. The predicted molar refractivity (Wildman–Crippen MR) is 81.2 cm³/mol. The molecule has 0 aliphatic carbocycles. The van der Waals surface area contributed by atoms with Crippen LogP contribution in [-0.4, -0.2) is 46.8 Å². The number of aliphatic hydroxyl groups excluding tert-OH is 1. The van der Waals surface area contributed by atoms with Crippen LogP contribution in [0.25, 0.3) is 0 Å². The van der Waals surface area contributed by atoms with Crippen LogP contribution in [0.5, 0.6) is 0 Å². The summed E-state index contributed by atoms with van der Waals surface area (Å²) < 4.78 is 0. The highest BCUT2D eigenvalue weighted by Crippen LogP contribution is 2.32. The molecule has 7 heteroatoms. The molecule has 0 unspecified atom stereocenters. The van der Waals surface area contributed by atoms with Gasteiger partial charge in [-0.05, 0) is 38.2 Å². The number of carboxylic acid groups (broad SMARTS) is 1. The quantitative estimate of drug-likeness (QED) is 0.799. The molecule has 0 aromatic carbocycles. The van der Waals surface area contributed by atoms with E-state index in [1.54, 1.807) is 11.8 Å². The molecule has 0 bridgehead atoms. The van der Waals surface area contributed by atoms with Gasteiger partial charge in [0.1, 0.15) is 5.00 Å². The van der Waals surface area contributed by atoms with Crippen molar-refractivity contribution >= 4 is 28.3 Å².